The predicted octanol–water partition coefficient (Wildman–Crippen LogP) is 3.75. The first-order valence-corrected chi connectivity index (χ1v) is 7.61. The molecule has 2 aromatic carbocycles. The van der Waals surface area contributed by atoms with Gasteiger partial charge in [0.1, 0.15) is 19.0 Å². The highest BCUT2D eigenvalue weighted by Crippen LogP contribution is 2.31. The fourth-order valence-electron chi connectivity index (χ4n) is 2.31. The lowest BCUT2D eigenvalue weighted by Gasteiger charge is -2.18. The molecule has 0 aromatic heterocycles. The molecule has 0 aliphatic carbocycles. The molecule has 0 atom stereocenters. The molecule has 0 saturated heterocycles. The first kappa shape index (κ1) is 15.2. The fraction of sp³-hybridized carbons (Fsp3) is 0.211. The van der Waals surface area contributed by atoms with Gasteiger partial charge in [-0.05, 0) is 55.0 Å². The smallest absolute Gasteiger partial charge is 0.185 e. The summed E-state index contributed by atoms with van der Waals surface area (Å²) >= 11 is 0. The molecule has 1 heterocycles. The van der Waals surface area contributed by atoms with Crippen LogP contribution in [0.3, 0.4) is 0 Å². The van der Waals surface area contributed by atoms with Gasteiger partial charge < -0.3 is 14.2 Å². The van der Waals surface area contributed by atoms with Gasteiger partial charge in [-0.2, -0.15) is 0 Å². The second-order valence-corrected chi connectivity index (χ2v) is 5.06. The van der Waals surface area contributed by atoms with Crippen molar-refractivity contribution in [1.82, 2.24) is 0 Å². The normalized spacial score (nSPS) is 13.1. The molecule has 118 valence electrons. The van der Waals surface area contributed by atoms with Crippen molar-refractivity contribution in [2.24, 2.45) is 0 Å². The fourth-order valence-corrected chi connectivity index (χ4v) is 2.31. The van der Waals surface area contributed by atoms with E-state index in [1.807, 2.05) is 25.1 Å². The molecule has 1 aliphatic heterocycles. The van der Waals surface area contributed by atoms with Crippen molar-refractivity contribution in [3.05, 3.63) is 59.7 Å². The van der Waals surface area contributed by atoms with Crippen LogP contribution in [-0.4, -0.2) is 25.6 Å². The Hall–Kier alpha value is -2.75. The molecule has 0 fully saturated rings. The van der Waals surface area contributed by atoms with E-state index in [2.05, 4.69) is 0 Å². The Morgan fingerprint density at radius 2 is 1.83 bits per heavy atom. The minimum absolute atomic E-state index is 0.0528. The minimum Gasteiger partial charge on any atom is -0.494 e. The van der Waals surface area contributed by atoms with E-state index in [-0.39, 0.29) is 5.78 Å². The summed E-state index contributed by atoms with van der Waals surface area (Å²) < 4.78 is 16.4. The number of carbonyl (C=O) groups excluding carboxylic acids is 1. The molecule has 0 bridgehead atoms. The van der Waals surface area contributed by atoms with Crippen LogP contribution >= 0.6 is 0 Å². The number of hydrogen-bond acceptors (Lipinski definition) is 4. The Morgan fingerprint density at radius 3 is 2.57 bits per heavy atom. The second-order valence-electron chi connectivity index (χ2n) is 5.06. The third-order valence-corrected chi connectivity index (χ3v) is 3.44. The molecule has 1 aliphatic rings. The van der Waals surface area contributed by atoms with Gasteiger partial charge in [-0.15, -0.1) is 0 Å². The molecule has 4 heteroatoms. The van der Waals surface area contributed by atoms with Gasteiger partial charge in [0.2, 0.25) is 0 Å². The van der Waals surface area contributed by atoms with E-state index < -0.39 is 0 Å². The lowest BCUT2D eigenvalue weighted by atomic mass is 10.1. The van der Waals surface area contributed by atoms with E-state index in [0.717, 1.165) is 17.1 Å². The third-order valence-electron chi connectivity index (χ3n) is 3.44. The van der Waals surface area contributed by atoms with Crippen molar-refractivity contribution in [1.29, 1.82) is 0 Å². The first-order chi connectivity index (χ1) is 11.3. The molecule has 0 unspecified atom stereocenters. The first-order valence-electron chi connectivity index (χ1n) is 7.61. The lowest BCUT2D eigenvalue weighted by molar-refractivity contribution is 0.104. The molecule has 3 rings (SSSR count). The monoisotopic (exact) mass is 310 g/mol. The van der Waals surface area contributed by atoms with Crippen LogP contribution in [0.2, 0.25) is 0 Å². The molecule has 4 nitrogen and oxygen atoms in total. The second kappa shape index (κ2) is 7.01. The number of carbonyl (C=O) groups is 1. The van der Waals surface area contributed by atoms with Crippen LogP contribution < -0.4 is 14.2 Å². The van der Waals surface area contributed by atoms with E-state index >= 15 is 0 Å². The Labute approximate surface area is 135 Å². The zero-order valence-corrected chi connectivity index (χ0v) is 13.0. The summed E-state index contributed by atoms with van der Waals surface area (Å²) in [4.78, 5) is 12.2. The molecule has 0 radical (unpaired) electrons. The molecule has 0 saturated carbocycles. The number of rotatable bonds is 5. The summed E-state index contributed by atoms with van der Waals surface area (Å²) in [7, 11) is 0. The number of allylic oxidation sites excluding steroid dienone is 1. The third kappa shape index (κ3) is 3.72. The van der Waals surface area contributed by atoms with Crippen molar-refractivity contribution < 1.29 is 19.0 Å². The van der Waals surface area contributed by atoms with Crippen LogP contribution in [0, 0.1) is 0 Å². The van der Waals surface area contributed by atoms with E-state index in [1.165, 1.54) is 0 Å². The summed E-state index contributed by atoms with van der Waals surface area (Å²) in [5.74, 6) is 2.17. The van der Waals surface area contributed by atoms with Crippen molar-refractivity contribution in [3.8, 4) is 17.2 Å². The summed E-state index contributed by atoms with van der Waals surface area (Å²) in [6.45, 7) is 3.65. The Kier molecular flexibility index (Phi) is 4.62. The van der Waals surface area contributed by atoms with Gasteiger partial charge in [-0.1, -0.05) is 12.1 Å². The van der Waals surface area contributed by atoms with E-state index in [4.69, 9.17) is 14.2 Å². The van der Waals surface area contributed by atoms with Crippen LogP contribution in [0.25, 0.3) is 6.08 Å². The number of ether oxygens (including phenoxy) is 3. The van der Waals surface area contributed by atoms with Crippen LogP contribution in [-0.2, 0) is 0 Å². The molecular formula is C19H18O4. The number of hydrogen-bond donors (Lipinski definition) is 0. The average molecular weight is 310 g/mol. The highest BCUT2D eigenvalue weighted by atomic mass is 16.6. The summed E-state index contributed by atoms with van der Waals surface area (Å²) in [5, 5.41) is 0. The number of fused-ring (bicyclic) bond motifs is 1. The number of ketones is 1. The minimum atomic E-state index is -0.0528. The Bertz CT molecular complexity index is 717. The topological polar surface area (TPSA) is 44.8 Å². The van der Waals surface area contributed by atoms with Crippen molar-refractivity contribution in [3.63, 3.8) is 0 Å². The van der Waals surface area contributed by atoms with Gasteiger partial charge in [0.25, 0.3) is 0 Å². The van der Waals surface area contributed by atoms with Crippen LogP contribution in [0.5, 0.6) is 17.2 Å². The molecule has 0 N–H and O–H groups in total. The summed E-state index contributed by atoms with van der Waals surface area (Å²) in [6, 6.07) is 12.8. The maximum atomic E-state index is 12.2. The number of benzene rings is 2. The quantitative estimate of drug-likeness (QED) is 0.623. The van der Waals surface area contributed by atoms with Gasteiger partial charge in [-0.25, -0.2) is 0 Å². The Balaban J connectivity index is 1.70. The van der Waals surface area contributed by atoms with Crippen molar-refractivity contribution in [2.75, 3.05) is 19.8 Å². The average Bonchev–Trinajstić information content (AvgIpc) is 2.60. The predicted molar refractivity (Wildman–Crippen MR) is 88.4 cm³/mol. The zero-order chi connectivity index (χ0) is 16.1. The molecule has 2 aromatic rings. The van der Waals surface area contributed by atoms with Gasteiger partial charge in [0.05, 0.1) is 6.61 Å². The van der Waals surface area contributed by atoms with Gasteiger partial charge >= 0.3 is 0 Å². The van der Waals surface area contributed by atoms with Gasteiger partial charge in [0.15, 0.2) is 17.3 Å². The van der Waals surface area contributed by atoms with E-state index in [0.29, 0.717) is 31.1 Å². The summed E-state index contributed by atoms with van der Waals surface area (Å²) in [5.41, 5.74) is 1.52. The van der Waals surface area contributed by atoms with Crippen LogP contribution in [0.4, 0.5) is 0 Å². The van der Waals surface area contributed by atoms with Crippen LogP contribution in [0.15, 0.2) is 48.5 Å². The summed E-state index contributed by atoms with van der Waals surface area (Å²) in [6.07, 6.45) is 3.33. The van der Waals surface area contributed by atoms with Gasteiger partial charge in [0, 0.05) is 5.56 Å². The zero-order valence-electron chi connectivity index (χ0n) is 13.0. The highest BCUT2D eigenvalue weighted by Gasteiger charge is 2.11. The molecule has 0 amide bonds. The standard InChI is InChI=1S/C19H18O4/c1-2-21-16-7-5-15(6-8-16)17(20)9-3-14-4-10-18-19(13-14)23-12-11-22-18/h3-10,13H,2,11-12H2,1H3/b9-3+. The lowest BCUT2D eigenvalue weighted by Crippen LogP contribution is -2.15. The van der Waals surface area contributed by atoms with E-state index in [1.54, 1.807) is 36.4 Å². The molecule has 0 spiro atoms. The molecular weight excluding hydrogens is 292 g/mol. The largest absolute Gasteiger partial charge is 0.494 e. The SMILES string of the molecule is CCOc1ccc(C(=O)/C=C/c2ccc3c(c2)OCCO3)cc1. The maximum absolute atomic E-state index is 12.2. The van der Waals surface area contributed by atoms with Crippen molar-refractivity contribution in [2.45, 2.75) is 6.92 Å². The van der Waals surface area contributed by atoms with Crippen LogP contribution in [0.1, 0.15) is 22.8 Å². The molecule has 23 heavy (non-hydrogen) atoms. The van der Waals surface area contributed by atoms with E-state index in [9.17, 15) is 4.79 Å². The van der Waals surface area contributed by atoms with Gasteiger partial charge in [-0.3, -0.25) is 4.79 Å². The Morgan fingerprint density at radius 1 is 1.09 bits per heavy atom. The maximum Gasteiger partial charge on any atom is 0.185 e. The van der Waals surface area contributed by atoms with Crippen molar-refractivity contribution >= 4 is 11.9 Å². The highest BCUT2D eigenvalue weighted by molar-refractivity contribution is 6.06.